The molecule has 4 nitrogen and oxygen atoms in total. The second-order valence-electron chi connectivity index (χ2n) is 4.28. The molecule has 0 radical (unpaired) electrons. The topological polar surface area (TPSA) is 51.0 Å². The monoisotopic (exact) mass is 231 g/mol. The van der Waals surface area contributed by atoms with E-state index in [1.165, 1.54) is 5.56 Å². The second kappa shape index (κ2) is 5.10. The average molecular weight is 231 g/mol. The highest BCUT2D eigenvalue weighted by Crippen LogP contribution is 2.17. The SMILES string of the molecule is CNC(C)Cc1nc(-c2cccc(C)c2)no1. The molecule has 1 heterocycles. The fourth-order valence-electron chi connectivity index (χ4n) is 1.60. The summed E-state index contributed by atoms with van der Waals surface area (Å²) in [5, 5.41) is 7.14. The van der Waals surface area contributed by atoms with Gasteiger partial charge in [-0.25, -0.2) is 0 Å². The molecule has 1 N–H and O–H groups in total. The molecule has 1 aromatic carbocycles. The summed E-state index contributed by atoms with van der Waals surface area (Å²) in [5.41, 5.74) is 2.19. The minimum Gasteiger partial charge on any atom is -0.339 e. The Balaban J connectivity index is 2.18. The quantitative estimate of drug-likeness (QED) is 0.876. The third-order valence-corrected chi connectivity index (χ3v) is 2.72. The lowest BCUT2D eigenvalue weighted by atomic mass is 10.1. The number of likely N-dealkylation sites (N-methyl/N-ethyl adjacent to an activating group) is 1. The summed E-state index contributed by atoms with van der Waals surface area (Å²) in [6, 6.07) is 8.42. The fraction of sp³-hybridized carbons (Fsp3) is 0.385. The fourth-order valence-corrected chi connectivity index (χ4v) is 1.60. The van der Waals surface area contributed by atoms with Crippen LogP contribution < -0.4 is 5.32 Å². The first-order chi connectivity index (χ1) is 8.19. The van der Waals surface area contributed by atoms with Gasteiger partial charge in [-0.05, 0) is 27.0 Å². The molecule has 1 unspecified atom stereocenters. The zero-order chi connectivity index (χ0) is 12.3. The zero-order valence-electron chi connectivity index (χ0n) is 10.4. The Morgan fingerprint density at radius 2 is 2.24 bits per heavy atom. The Bertz CT molecular complexity index is 493. The van der Waals surface area contributed by atoms with Gasteiger partial charge in [0.25, 0.3) is 0 Å². The van der Waals surface area contributed by atoms with Crippen molar-refractivity contribution >= 4 is 0 Å². The number of hydrogen-bond acceptors (Lipinski definition) is 4. The van der Waals surface area contributed by atoms with Crippen LogP contribution in [0.3, 0.4) is 0 Å². The largest absolute Gasteiger partial charge is 0.339 e. The molecular formula is C13H17N3O. The molecule has 0 fully saturated rings. The minimum absolute atomic E-state index is 0.334. The highest BCUT2D eigenvalue weighted by atomic mass is 16.5. The van der Waals surface area contributed by atoms with Gasteiger partial charge < -0.3 is 9.84 Å². The Labute approximate surface area is 101 Å². The normalized spacial score (nSPS) is 12.6. The van der Waals surface area contributed by atoms with Crippen LogP contribution >= 0.6 is 0 Å². The van der Waals surface area contributed by atoms with Crippen LogP contribution in [-0.2, 0) is 6.42 Å². The molecule has 0 saturated carbocycles. The number of aryl methyl sites for hydroxylation is 1. The van der Waals surface area contributed by atoms with Crippen LogP contribution in [0.2, 0.25) is 0 Å². The van der Waals surface area contributed by atoms with E-state index in [2.05, 4.69) is 28.4 Å². The molecule has 17 heavy (non-hydrogen) atoms. The number of aromatic nitrogens is 2. The summed E-state index contributed by atoms with van der Waals surface area (Å²) in [6.45, 7) is 4.13. The number of nitrogens with one attached hydrogen (secondary N) is 1. The lowest BCUT2D eigenvalue weighted by Crippen LogP contribution is -2.23. The molecule has 0 amide bonds. The van der Waals surface area contributed by atoms with E-state index in [4.69, 9.17) is 4.52 Å². The molecule has 0 saturated heterocycles. The van der Waals surface area contributed by atoms with E-state index in [0.717, 1.165) is 12.0 Å². The molecule has 2 aromatic rings. The van der Waals surface area contributed by atoms with Crippen molar-refractivity contribution in [3.63, 3.8) is 0 Å². The lowest BCUT2D eigenvalue weighted by Gasteiger charge is -2.04. The van der Waals surface area contributed by atoms with Crippen molar-refractivity contribution in [3.05, 3.63) is 35.7 Å². The Morgan fingerprint density at radius 3 is 2.94 bits per heavy atom. The number of hydrogen-bond donors (Lipinski definition) is 1. The maximum Gasteiger partial charge on any atom is 0.228 e. The molecule has 0 aliphatic carbocycles. The number of nitrogens with zero attached hydrogens (tertiary/aromatic N) is 2. The summed E-state index contributed by atoms with van der Waals surface area (Å²) in [7, 11) is 1.92. The van der Waals surface area contributed by atoms with Gasteiger partial charge in [0.2, 0.25) is 11.7 Å². The van der Waals surface area contributed by atoms with E-state index in [1.54, 1.807) is 0 Å². The maximum atomic E-state index is 5.23. The van der Waals surface area contributed by atoms with Crippen molar-refractivity contribution in [1.82, 2.24) is 15.5 Å². The van der Waals surface area contributed by atoms with E-state index in [1.807, 2.05) is 32.2 Å². The van der Waals surface area contributed by atoms with E-state index < -0.39 is 0 Å². The van der Waals surface area contributed by atoms with Crippen LogP contribution in [0.25, 0.3) is 11.4 Å². The first kappa shape index (κ1) is 11.8. The molecule has 4 heteroatoms. The lowest BCUT2D eigenvalue weighted by molar-refractivity contribution is 0.365. The summed E-state index contributed by atoms with van der Waals surface area (Å²) in [6.07, 6.45) is 0.745. The van der Waals surface area contributed by atoms with E-state index in [9.17, 15) is 0 Å². The van der Waals surface area contributed by atoms with Crippen LogP contribution in [-0.4, -0.2) is 23.2 Å². The van der Waals surface area contributed by atoms with Gasteiger partial charge in [-0.15, -0.1) is 0 Å². The minimum atomic E-state index is 0.334. The van der Waals surface area contributed by atoms with Crippen molar-refractivity contribution in [2.24, 2.45) is 0 Å². The van der Waals surface area contributed by atoms with Crippen LogP contribution in [0.15, 0.2) is 28.8 Å². The van der Waals surface area contributed by atoms with Crippen molar-refractivity contribution in [3.8, 4) is 11.4 Å². The molecule has 1 aromatic heterocycles. The van der Waals surface area contributed by atoms with Gasteiger partial charge in [0.1, 0.15) is 0 Å². The predicted octanol–water partition coefficient (Wildman–Crippen LogP) is 2.20. The first-order valence-electron chi connectivity index (χ1n) is 5.76. The summed E-state index contributed by atoms with van der Waals surface area (Å²) in [5.74, 6) is 1.33. The van der Waals surface area contributed by atoms with Gasteiger partial charge in [-0.3, -0.25) is 0 Å². The van der Waals surface area contributed by atoms with Gasteiger partial charge in [0.15, 0.2) is 0 Å². The molecule has 1 atom stereocenters. The van der Waals surface area contributed by atoms with Crippen molar-refractivity contribution in [2.45, 2.75) is 26.3 Å². The van der Waals surface area contributed by atoms with E-state index >= 15 is 0 Å². The molecule has 0 aliphatic heterocycles. The summed E-state index contributed by atoms with van der Waals surface area (Å²) in [4.78, 5) is 4.39. The first-order valence-corrected chi connectivity index (χ1v) is 5.76. The molecular weight excluding hydrogens is 214 g/mol. The van der Waals surface area contributed by atoms with Gasteiger partial charge in [0, 0.05) is 18.0 Å². The summed E-state index contributed by atoms with van der Waals surface area (Å²) < 4.78 is 5.23. The molecule has 0 aliphatic rings. The standard InChI is InChI=1S/C13H17N3O/c1-9-5-4-6-11(7-9)13-15-12(17-16-13)8-10(2)14-3/h4-7,10,14H,8H2,1-3H3. The van der Waals surface area contributed by atoms with Crippen LogP contribution in [0.4, 0.5) is 0 Å². The Kier molecular flexibility index (Phi) is 3.54. The van der Waals surface area contributed by atoms with Gasteiger partial charge in [-0.2, -0.15) is 4.98 Å². The molecule has 90 valence electrons. The molecule has 0 spiro atoms. The van der Waals surface area contributed by atoms with Crippen molar-refractivity contribution < 1.29 is 4.52 Å². The van der Waals surface area contributed by atoms with E-state index in [0.29, 0.717) is 17.8 Å². The highest BCUT2D eigenvalue weighted by Gasteiger charge is 2.10. The molecule has 2 rings (SSSR count). The third kappa shape index (κ3) is 2.91. The van der Waals surface area contributed by atoms with Crippen molar-refractivity contribution in [1.29, 1.82) is 0 Å². The van der Waals surface area contributed by atoms with Crippen LogP contribution in [0, 0.1) is 6.92 Å². The Morgan fingerprint density at radius 1 is 1.41 bits per heavy atom. The van der Waals surface area contributed by atoms with Crippen molar-refractivity contribution in [2.75, 3.05) is 7.05 Å². The van der Waals surface area contributed by atoms with Gasteiger partial charge in [0.05, 0.1) is 0 Å². The second-order valence-corrected chi connectivity index (χ2v) is 4.28. The average Bonchev–Trinajstić information content (AvgIpc) is 2.77. The summed E-state index contributed by atoms with van der Waals surface area (Å²) >= 11 is 0. The van der Waals surface area contributed by atoms with Crippen LogP contribution in [0.5, 0.6) is 0 Å². The van der Waals surface area contributed by atoms with E-state index in [-0.39, 0.29) is 0 Å². The predicted molar refractivity (Wildman–Crippen MR) is 66.7 cm³/mol. The Hall–Kier alpha value is -1.68. The molecule has 0 bridgehead atoms. The van der Waals surface area contributed by atoms with Gasteiger partial charge >= 0.3 is 0 Å². The number of benzene rings is 1. The smallest absolute Gasteiger partial charge is 0.228 e. The zero-order valence-corrected chi connectivity index (χ0v) is 10.4. The number of rotatable bonds is 4. The maximum absolute atomic E-state index is 5.23. The third-order valence-electron chi connectivity index (χ3n) is 2.72. The highest BCUT2D eigenvalue weighted by molar-refractivity contribution is 5.55. The van der Waals surface area contributed by atoms with Gasteiger partial charge in [-0.1, -0.05) is 28.9 Å². The van der Waals surface area contributed by atoms with Crippen LogP contribution in [0.1, 0.15) is 18.4 Å².